The van der Waals surface area contributed by atoms with Crippen LogP contribution >= 0.6 is 11.3 Å². The van der Waals surface area contributed by atoms with Gasteiger partial charge >= 0.3 is 0 Å². The Morgan fingerprint density at radius 1 is 1.67 bits per heavy atom. The van der Waals surface area contributed by atoms with Gasteiger partial charge in [0.05, 0.1) is 23.1 Å². The second-order valence-corrected chi connectivity index (χ2v) is 4.60. The summed E-state index contributed by atoms with van der Waals surface area (Å²) in [6, 6.07) is 1.75. The van der Waals surface area contributed by atoms with E-state index in [0.717, 1.165) is 11.3 Å². The van der Waals surface area contributed by atoms with Crippen LogP contribution in [0.3, 0.4) is 0 Å². The van der Waals surface area contributed by atoms with Crippen LogP contribution in [0.25, 0.3) is 0 Å². The molecule has 1 heterocycles. The Balaban J connectivity index is 2.63. The molecule has 0 aliphatic rings. The van der Waals surface area contributed by atoms with Crippen molar-refractivity contribution in [2.24, 2.45) is 0 Å². The molecule has 1 atom stereocenters. The number of rotatable bonds is 5. The van der Waals surface area contributed by atoms with Crippen LogP contribution in [-0.2, 0) is 4.74 Å². The van der Waals surface area contributed by atoms with Gasteiger partial charge in [0.2, 0.25) is 0 Å². The van der Waals surface area contributed by atoms with Crippen LogP contribution in [0.15, 0.2) is 11.4 Å². The third-order valence-corrected chi connectivity index (χ3v) is 3.19. The molecule has 2 N–H and O–H groups in total. The zero-order chi connectivity index (χ0) is 13.4. The van der Waals surface area contributed by atoms with Crippen molar-refractivity contribution in [3.05, 3.63) is 21.9 Å². The molecule has 98 valence electrons. The van der Waals surface area contributed by atoms with E-state index in [1.807, 2.05) is 6.92 Å². The van der Waals surface area contributed by atoms with Gasteiger partial charge in [0.1, 0.15) is 6.61 Å². The number of ether oxygens (including phenoxy) is 1. The van der Waals surface area contributed by atoms with Crippen molar-refractivity contribution in [1.82, 2.24) is 5.32 Å². The predicted molar refractivity (Wildman–Crippen MR) is 71.7 cm³/mol. The summed E-state index contributed by atoms with van der Waals surface area (Å²) < 4.78 is 5.03. The summed E-state index contributed by atoms with van der Waals surface area (Å²) in [5.41, 5.74) is 0.594. The Kier molecular flexibility index (Phi) is 6.44. The van der Waals surface area contributed by atoms with Gasteiger partial charge in [-0.05, 0) is 12.5 Å². The van der Waals surface area contributed by atoms with Crippen LogP contribution in [0.1, 0.15) is 28.6 Å². The summed E-state index contributed by atoms with van der Waals surface area (Å²) in [6.45, 7) is 2.32. The van der Waals surface area contributed by atoms with Gasteiger partial charge in [-0.2, -0.15) is 0 Å². The first kappa shape index (κ1) is 14.7. The minimum atomic E-state index is -0.175. The van der Waals surface area contributed by atoms with Crippen LogP contribution < -0.4 is 5.32 Å². The van der Waals surface area contributed by atoms with Gasteiger partial charge in [-0.3, -0.25) is 4.79 Å². The van der Waals surface area contributed by atoms with Crippen molar-refractivity contribution in [1.29, 1.82) is 0 Å². The van der Waals surface area contributed by atoms with Crippen molar-refractivity contribution in [3.8, 4) is 11.8 Å². The number of carbonyl (C=O) groups is 1. The average molecular weight is 267 g/mol. The van der Waals surface area contributed by atoms with Gasteiger partial charge in [0.25, 0.3) is 5.91 Å². The van der Waals surface area contributed by atoms with Gasteiger partial charge in [-0.25, -0.2) is 0 Å². The molecule has 0 bridgehead atoms. The number of aliphatic hydroxyl groups excluding tert-OH is 1. The number of amides is 1. The fourth-order valence-electron chi connectivity index (χ4n) is 1.38. The quantitative estimate of drug-likeness (QED) is 0.789. The molecule has 1 amide bonds. The summed E-state index contributed by atoms with van der Waals surface area (Å²) >= 11 is 1.39. The molecule has 0 aliphatic carbocycles. The molecule has 0 saturated heterocycles. The normalized spacial score (nSPS) is 11.5. The Morgan fingerprint density at radius 3 is 3.06 bits per heavy atom. The lowest BCUT2D eigenvalue weighted by molar-refractivity contribution is 0.0895. The molecule has 1 aromatic rings. The first-order chi connectivity index (χ1) is 8.71. The topological polar surface area (TPSA) is 58.6 Å². The maximum absolute atomic E-state index is 11.9. The molecule has 0 radical (unpaired) electrons. The molecule has 1 unspecified atom stereocenters. The molecule has 1 aromatic heterocycles. The number of nitrogens with one attached hydrogen (secondary N) is 1. The standard InChI is InChI=1S/C13H17NO3S/c1-3-11(8-17-2)14-13(16)10-7-12(18-9-10)5-4-6-15/h7,9,11,15H,3,6,8H2,1-2H3,(H,14,16). The maximum atomic E-state index is 11.9. The van der Waals surface area contributed by atoms with E-state index in [-0.39, 0.29) is 18.6 Å². The van der Waals surface area contributed by atoms with E-state index in [0.29, 0.717) is 12.2 Å². The van der Waals surface area contributed by atoms with E-state index in [1.165, 1.54) is 11.3 Å². The number of aliphatic hydroxyl groups is 1. The lowest BCUT2D eigenvalue weighted by Crippen LogP contribution is -2.37. The first-order valence-electron chi connectivity index (χ1n) is 5.69. The molecule has 0 saturated carbocycles. The summed E-state index contributed by atoms with van der Waals surface area (Å²) in [5.74, 6) is 5.21. The van der Waals surface area contributed by atoms with E-state index in [2.05, 4.69) is 17.2 Å². The third-order valence-electron chi connectivity index (χ3n) is 2.35. The average Bonchev–Trinajstić information content (AvgIpc) is 2.84. The highest BCUT2D eigenvalue weighted by Gasteiger charge is 2.13. The SMILES string of the molecule is CCC(COC)NC(=O)c1csc(C#CCO)c1. The zero-order valence-electron chi connectivity index (χ0n) is 10.5. The van der Waals surface area contributed by atoms with Crippen LogP contribution in [0, 0.1) is 11.8 Å². The summed E-state index contributed by atoms with van der Waals surface area (Å²) in [7, 11) is 1.61. The van der Waals surface area contributed by atoms with Crippen molar-refractivity contribution < 1.29 is 14.6 Å². The lowest BCUT2D eigenvalue weighted by Gasteiger charge is -2.15. The molecule has 18 heavy (non-hydrogen) atoms. The number of hydrogen-bond donors (Lipinski definition) is 2. The number of thiophene rings is 1. The smallest absolute Gasteiger partial charge is 0.252 e. The summed E-state index contributed by atoms with van der Waals surface area (Å²) in [5, 5.41) is 13.2. The highest BCUT2D eigenvalue weighted by molar-refractivity contribution is 7.10. The number of hydrogen-bond acceptors (Lipinski definition) is 4. The minimum absolute atomic E-state index is 0.0226. The molecule has 0 spiro atoms. The van der Waals surface area contributed by atoms with Gasteiger partial charge < -0.3 is 15.2 Å². The van der Waals surface area contributed by atoms with E-state index in [9.17, 15) is 4.79 Å². The lowest BCUT2D eigenvalue weighted by atomic mass is 10.2. The monoisotopic (exact) mass is 267 g/mol. The first-order valence-corrected chi connectivity index (χ1v) is 6.57. The molecule has 0 fully saturated rings. The molecule has 1 rings (SSSR count). The molecular weight excluding hydrogens is 250 g/mol. The minimum Gasteiger partial charge on any atom is -0.384 e. The fourth-order valence-corrected chi connectivity index (χ4v) is 2.13. The van der Waals surface area contributed by atoms with Crippen molar-refractivity contribution in [2.45, 2.75) is 19.4 Å². The Morgan fingerprint density at radius 2 is 2.44 bits per heavy atom. The van der Waals surface area contributed by atoms with E-state index in [1.54, 1.807) is 18.6 Å². The number of carbonyl (C=O) groups excluding carboxylic acids is 1. The fraction of sp³-hybridized carbons (Fsp3) is 0.462. The molecule has 5 heteroatoms. The van der Waals surface area contributed by atoms with Gasteiger partial charge in [0, 0.05) is 12.5 Å². The van der Waals surface area contributed by atoms with E-state index in [4.69, 9.17) is 9.84 Å². The van der Waals surface area contributed by atoms with E-state index < -0.39 is 0 Å². The van der Waals surface area contributed by atoms with Crippen molar-refractivity contribution in [2.75, 3.05) is 20.3 Å². The highest BCUT2D eigenvalue weighted by Crippen LogP contribution is 2.13. The Bertz CT molecular complexity index is 445. The molecule has 0 aliphatic heterocycles. The van der Waals surface area contributed by atoms with Gasteiger partial charge in [-0.15, -0.1) is 11.3 Å². The van der Waals surface area contributed by atoms with Crippen molar-refractivity contribution >= 4 is 17.2 Å². The van der Waals surface area contributed by atoms with Crippen LogP contribution in [0.4, 0.5) is 0 Å². The second-order valence-electron chi connectivity index (χ2n) is 3.69. The second kappa shape index (κ2) is 7.88. The van der Waals surface area contributed by atoms with Gasteiger partial charge in [0.15, 0.2) is 0 Å². The molecular formula is C13H17NO3S. The number of methoxy groups -OCH3 is 1. The van der Waals surface area contributed by atoms with Crippen molar-refractivity contribution in [3.63, 3.8) is 0 Å². The predicted octanol–water partition coefficient (Wildman–Crippen LogP) is 1.25. The highest BCUT2D eigenvalue weighted by atomic mass is 32.1. The van der Waals surface area contributed by atoms with Gasteiger partial charge in [-0.1, -0.05) is 18.8 Å². The van der Waals surface area contributed by atoms with Crippen LogP contribution in [0.2, 0.25) is 0 Å². The van der Waals surface area contributed by atoms with Crippen LogP contribution in [-0.4, -0.2) is 37.4 Å². The van der Waals surface area contributed by atoms with Crippen LogP contribution in [0.5, 0.6) is 0 Å². The Hall–Kier alpha value is -1.35. The molecule has 4 nitrogen and oxygen atoms in total. The third kappa shape index (κ3) is 4.49. The molecule has 0 aromatic carbocycles. The zero-order valence-corrected chi connectivity index (χ0v) is 11.3. The largest absolute Gasteiger partial charge is 0.384 e. The summed E-state index contributed by atoms with van der Waals surface area (Å²) in [4.78, 5) is 12.7. The summed E-state index contributed by atoms with van der Waals surface area (Å²) in [6.07, 6.45) is 0.820. The van der Waals surface area contributed by atoms with E-state index >= 15 is 0 Å². The maximum Gasteiger partial charge on any atom is 0.252 e. The Labute approximate surface area is 111 Å².